The molecule has 2 aromatic heterocycles. The van der Waals surface area contributed by atoms with Gasteiger partial charge in [0.05, 0.1) is 5.69 Å². The predicted octanol–water partition coefficient (Wildman–Crippen LogP) is 4.74. The van der Waals surface area contributed by atoms with Crippen LogP contribution in [0.3, 0.4) is 0 Å². The van der Waals surface area contributed by atoms with E-state index in [9.17, 15) is 4.79 Å². The summed E-state index contributed by atoms with van der Waals surface area (Å²) >= 11 is 1.55. The van der Waals surface area contributed by atoms with Gasteiger partial charge in [-0.05, 0) is 24.6 Å². The van der Waals surface area contributed by atoms with Crippen LogP contribution in [0.25, 0.3) is 21.6 Å². The number of benzene rings is 2. The van der Waals surface area contributed by atoms with Crippen LogP contribution < -0.4 is 0 Å². The third-order valence-electron chi connectivity index (χ3n) is 5.98. The van der Waals surface area contributed by atoms with Crippen LogP contribution in [-0.4, -0.2) is 51.4 Å². The van der Waals surface area contributed by atoms with Gasteiger partial charge in [0.1, 0.15) is 10.7 Å². The molecule has 0 bridgehead atoms. The number of hydrogen-bond acceptors (Lipinski definition) is 4. The van der Waals surface area contributed by atoms with Crippen LogP contribution in [0.1, 0.15) is 23.0 Å². The van der Waals surface area contributed by atoms with E-state index >= 15 is 0 Å². The largest absolute Gasteiger partial charge is 0.339 e. The van der Waals surface area contributed by atoms with E-state index in [1.807, 2.05) is 16.3 Å². The highest BCUT2D eigenvalue weighted by atomic mass is 32.1. The molecule has 0 N–H and O–H groups in total. The highest BCUT2D eigenvalue weighted by Gasteiger charge is 2.24. The van der Waals surface area contributed by atoms with Crippen molar-refractivity contribution in [2.45, 2.75) is 20.0 Å². The number of nitrogens with zero attached hydrogens (tertiary/aromatic N) is 4. The molecule has 4 aromatic rings. The molecular formula is C25H26N4OS. The molecule has 31 heavy (non-hydrogen) atoms. The predicted molar refractivity (Wildman–Crippen MR) is 126 cm³/mol. The summed E-state index contributed by atoms with van der Waals surface area (Å²) < 4.78 is 2.27. The standard InChI is InChI=1S/C25H26N4OS/c1-2-29-22-11-7-6-10-20(22)16-23(29)24-26-21(18-31-24)25(30)28-14-12-27(13-15-28)17-19-8-4-3-5-9-19/h3-11,16,18H,2,12-15,17H2,1H3. The number of amides is 1. The van der Waals surface area contributed by atoms with Crippen molar-refractivity contribution in [3.05, 3.63) is 77.3 Å². The van der Waals surface area contributed by atoms with E-state index in [4.69, 9.17) is 4.98 Å². The molecule has 1 amide bonds. The first kappa shape index (κ1) is 20.0. The summed E-state index contributed by atoms with van der Waals surface area (Å²) in [6.07, 6.45) is 0. The lowest BCUT2D eigenvalue weighted by Crippen LogP contribution is -2.48. The van der Waals surface area contributed by atoms with Gasteiger partial charge in [0.2, 0.25) is 0 Å². The Labute approximate surface area is 186 Å². The van der Waals surface area contributed by atoms with E-state index in [-0.39, 0.29) is 5.91 Å². The second-order valence-corrected chi connectivity index (χ2v) is 8.78. The van der Waals surface area contributed by atoms with Gasteiger partial charge >= 0.3 is 0 Å². The minimum Gasteiger partial charge on any atom is -0.339 e. The monoisotopic (exact) mass is 430 g/mol. The molecule has 5 rings (SSSR count). The Morgan fingerprint density at radius 2 is 1.74 bits per heavy atom. The van der Waals surface area contributed by atoms with Crippen LogP contribution in [0.2, 0.25) is 0 Å². The number of aromatic nitrogens is 2. The number of fused-ring (bicyclic) bond motifs is 1. The lowest BCUT2D eigenvalue weighted by Gasteiger charge is -2.34. The third kappa shape index (κ3) is 4.01. The van der Waals surface area contributed by atoms with Crippen LogP contribution in [-0.2, 0) is 13.1 Å². The molecule has 2 aromatic carbocycles. The number of rotatable bonds is 5. The van der Waals surface area contributed by atoms with Crippen molar-refractivity contribution < 1.29 is 4.79 Å². The zero-order valence-electron chi connectivity index (χ0n) is 17.7. The quantitative estimate of drug-likeness (QED) is 0.459. The number of piperazine rings is 1. The summed E-state index contributed by atoms with van der Waals surface area (Å²) in [5.74, 6) is 0.0426. The molecule has 0 spiro atoms. The van der Waals surface area contributed by atoms with E-state index in [1.54, 1.807) is 11.3 Å². The Kier molecular flexibility index (Phi) is 5.57. The molecule has 3 heterocycles. The van der Waals surface area contributed by atoms with E-state index in [0.29, 0.717) is 5.69 Å². The van der Waals surface area contributed by atoms with Crippen molar-refractivity contribution in [2.24, 2.45) is 0 Å². The first-order valence-corrected chi connectivity index (χ1v) is 11.7. The lowest BCUT2D eigenvalue weighted by molar-refractivity contribution is 0.0623. The van der Waals surface area contributed by atoms with E-state index < -0.39 is 0 Å². The maximum Gasteiger partial charge on any atom is 0.273 e. The summed E-state index contributed by atoms with van der Waals surface area (Å²) in [4.78, 5) is 22.2. The SMILES string of the molecule is CCn1c(-c2nc(C(=O)N3CCN(Cc4ccccc4)CC3)cs2)cc2ccccc21. The minimum atomic E-state index is 0.0426. The zero-order valence-corrected chi connectivity index (χ0v) is 18.5. The van der Waals surface area contributed by atoms with Crippen molar-refractivity contribution in [1.82, 2.24) is 19.4 Å². The Hall–Kier alpha value is -2.96. The van der Waals surface area contributed by atoms with Gasteiger partial charge in [-0.25, -0.2) is 4.98 Å². The summed E-state index contributed by atoms with van der Waals surface area (Å²) in [6.45, 7) is 7.22. The maximum atomic E-state index is 13.1. The zero-order chi connectivity index (χ0) is 21.2. The van der Waals surface area contributed by atoms with Crippen molar-refractivity contribution >= 4 is 28.1 Å². The molecule has 0 atom stereocenters. The average molecular weight is 431 g/mol. The lowest BCUT2D eigenvalue weighted by atomic mass is 10.2. The van der Waals surface area contributed by atoms with Crippen LogP contribution in [0, 0.1) is 0 Å². The third-order valence-corrected chi connectivity index (χ3v) is 6.84. The Balaban J connectivity index is 1.28. The Morgan fingerprint density at radius 3 is 2.52 bits per heavy atom. The fraction of sp³-hybridized carbons (Fsp3) is 0.280. The van der Waals surface area contributed by atoms with Gasteiger partial charge in [0.25, 0.3) is 5.91 Å². The average Bonchev–Trinajstić information content (AvgIpc) is 3.44. The Bertz CT molecular complexity index is 1190. The van der Waals surface area contributed by atoms with Gasteiger partial charge in [-0.3, -0.25) is 9.69 Å². The van der Waals surface area contributed by atoms with Gasteiger partial charge in [0.15, 0.2) is 0 Å². The number of hydrogen-bond donors (Lipinski definition) is 0. The van der Waals surface area contributed by atoms with E-state index in [1.165, 1.54) is 16.5 Å². The molecule has 0 radical (unpaired) electrons. The number of aryl methyl sites for hydroxylation is 1. The molecule has 0 aliphatic carbocycles. The first-order valence-electron chi connectivity index (χ1n) is 10.8. The van der Waals surface area contributed by atoms with Crippen LogP contribution >= 0.6 is 11.3 Å². The van der Waals surface area contributed by atoms with Crippen molar-refractivity contribution in [3.63, 3.8) is 0 Å². The molecule has 5 nitrogen and oxygen atoms in total. The van der Waals surface area contributed by atoms with Crippen molar-refractivity contribution in [2.75, 3.05) is 26.2 Å². The van der Waals surface area contributed by atoms with E-state index in [2.05, 4.69) is 71.0 Å². The molecular weight excluding hydrogens is 404 g/mol. The number of thiazole rings is 1. The first-order chi connectivity index (χ1) is 15.2. The normalized spacial score (nSPS) is 14.9. The van der Waals surface area contributed by atoms with Gasteiger partial charge in [-0.15, -0.1) is 11.3 Å². The fourth-order valence-electron chi connectivity index (χ4n) is 4.33. The molecule has 1 fully saturated rings. The van der Waals surface area contributed by atoms with Gasteiger partial charge in [0, 0.05) is 55.6 Å². The summed E-state index contributed by atoms with van der Waals surface area (Å²) in [7, 11) is 0. The second-order valence-electron chi connectivity index (χ2n) is 7.92. The summed E-state index contributed by atoms with van der Waals surface area (Å²) in [6, 6.07) is 21.1. The highest BCUT2D eigenvalue weighted by Crippen LogP contribution is 2.30. The number of carbonyl (C=O) groups excluding carboxylic acids is 1. The van der Waals surface area contributed by atoms with Crippen LogP contribution in [0.5, 0.6) is 0 Å². The molecule has 6 heteroatoms. The van der Waals surface area contributed by atoms with Crippen molar-refractivity contribution in [1.29, 1.82) is 0 Å². The van der Waals surface area contributed by atoms with Crippen molar-refractivity contribution in [3.8, 4) is 10.7 Å². The molecule has 158 valence electrons. The summed E-state index contributed by atoms with van der Waals surface area (Å²) in [5, 5.41) is 4.02. The highest BCUT2D eigenvalue weighted by molar-refractivity contribution is 7.13. The van der Waals surface area contributed by atoms with Gasteiger partial charge < -0.3 is 9.47 Å². The van der Waals surface area contributed by atoms with Crippen LogP contribution in [0.15, 0.2) is 66.0 Å². The topological polar surface area (TPSA) is 41.4 Å². The smallest absolute Gasteiger partial charge is 0.273 e. The molecule has 0 saturated carbocycles. The number of carbonyl (C=O) groups is 1. The molecule has 1 saturated heterocycles. The van der Waals surface area contributed by atoms with E-state index in [0.717, 1.165) is 50.0 Å². The second kappa shape index (κ2) is 8.65. The molecule has 1 aliphatic rings. The van der Waals surface area contributed by atoms with Crippen LogP contribution in [0.4, 0.5) is 0 Å². The fourth-order valence-corrected chi connectivity index (χ4v) is 5.15. The maximum absolute atomic E-state index is 13.1. The minimum absolute atomic E-state index is 0.0426. The van der Waals surface area contributed by atoms with Gasteiger partial charge in [-0.1, -0.05) is 48.5 Å². The molecule has 0 unspecified atom stereocenters. The summed E-state index contributed by atoms with van der Waals surface area (Å²) in [5.41, 5.74) is 4.17. The van der Waals surface area contributed by atoms with Gasteiger partial charge in [-0.2, -0.15) is 0 Å². The number of para-hydroxylation sites is 1. The molecule has 1 aliphatic heterocycles. The Morgan fingerprint density at radius 1 is 1.00 bits per heavy atom.